The molecule has 0 N–H and O–H groups in total. The summed E-state index contributed by atoms with van der Waals surface area (Å²) in [5.74, 6) is 0. The third-order valence-corrected chi connectivity index (χ3v) is 3.33. The Labute approximate surface area is 112 Å². The first-order chi connectivity index (χ1) is 8.25. The number of hydrogen-bond acceptors (Lipinski definition) is 1. The van der Waals surface area contributed by atoms with E-state index in [9.17, 15) is 0 Å². The van der Waals surface area contributed by atoms with Gasteiger partial charge in [0.1, 0.15) is 0 Å². The molecule has 84 valence electrons. The van der Waals surface area contributed by atoms with Crippen molar-refractivity contribution in [3.05, 3.63) is 58.4 Å². The molecular weight excluding hydrogens is 300 g/mol. The molecule has 0 aliphatic rings. The summed E-state index contributed by atoms with van der Waals surface area (Å²) in [6, 6.07) is 9.97. The van der Waals surface area contributed by atoms with Crippen LogP contribution in [0.3, 0.4) is 0 Å². The molecule has 0 aliphatic heterocycles. The summed E-state index contributed by atoms with van der Waals surface area (Å²) in [6.45, 7) is 0. The Balaban J connectivity index is 2.33. The number of pyridine rings is 2. The summed E-state index contributed by atoms with van der Waals surface area (Å²) in [7, 11) is 0. The smallest absolute Gasteiger partial charge is 0.0731 e. The van der Waals surface area contributed by atoms with Crippen LogP contribution < -0.4 is 0 Å². The van der Waals surface area contributed by atoms with Gasteiger partial charge in [-0.05, 0) is 40.2 Å². The van der Waals surface area contributed by atoms with E-state index in [-0.39, 0.29) is 0 Å². The van der Waals surface area contributed by atoms with E-state index in [4.69, 9.17) is 11.6 Å². The molecule has 0 saturated heterocycles. The van der Waals surface area contributed by atoms with Crippen molar-refractivity contribution < 1.29 is 0 Å². The van der Waals surface area contributed by atoms with Crippen molar-refractivity contribution in [2.75, 3.05) is 0 Å². The third kappa shape index (κ3) is 1.85. The number of fused-ring (bicyclic) bond motifs is 1. The molecule has 0 spiro atoms. The van der Waals surface area contributed by atoms with E-state index in [2.05, 4.69) is 25.3 Å². The molecule has 0 fully saturated rings. The summed E-state index contributed by atoms with van der Waals surface area (Å²) in [5, 5.41) is 0.733. The molecule has 0 saturated carbocycles. The minimum absolute atomic E-state index is 0.733. The molecule has 0 unspecified atom stereocenters. The molecule has 17 heavy (non-hydrogen) atoms. The maximum atomic E-state index is 6.29. The van der Waals surface area contributed by atoms with Crippen molar-refractivity contribution in [3.8, 4) is 11.3 Å². The zero-order chi connectivity index (χ0) is 11.8. The molecule has 3 rings (SSSR count). The predicted octanol–water partition coefficient (Wildman–Crippen LogP) is 4.42. The van der Waals surface area contributed by atoms with E-state index >= 15 is 0 Å². The van der Waals surface area contributed by atoms with Crippen molar-refractivity contribution >= 4 is 33.0 Å². The van der Waals surface area contributed by atoms with Gasteiger partial charge >= 0.3 is 0 Å². The van der Waals surface area contributed by atoms with E-state index in [0.717, 1.165) is 26.3 Å². The zero-order valence-corrected chi connectivity index (χ0v) is 11.1. The van der Waals surface area contributed by atoms with Gasteiger partial charge in [-0.3, -0.25) is 4.98 Å². The summed E-state index contributed by atoms with van der Waals surface area (Å²) in [4.78, 5) is 4.17. The van der Waals surface area contributed by atoms with Crippen molar-refractivity contribution in [2.45, 2.75) is 0 Å². The van der Waals surface area contributed by atoms with Gasteiger partial charge in [0.2, 0.25) is 0 Å². The minimum atomic E-state index is 0.733. The molecule has 3 aromatic rings. The second-order valence-electron chi connectivity index (χ2n) is 3.73. The Morgan fingerprint density at radius 2 is 2.06 bits per heavy atom. The molecule has 3 aromatic heterocycles. The topological polar surface area (TPSA) is 17.3 Å². The largest absolute Gasteiger partial charge is 0.315 e. The van der Waals surface area contributed by atoms with E-state index in [0.29, 0.717) is 0 Å². The summed E-state index contributed by atoms with van der Waals surface area (Å²) in [6.07, 6.45) is 5.57. The monoisotopic (exact) mass is 306 g/mol. The van der Waals surface area contributed by atoms with Crippen LogP contribution in [0.5, 0.6) is 0 Å². The van der Waals surface area contributed by atoms with E-state index < -0.39 is 0 Å². The highest BCUT2D eigenvalue weighted by molar-refractivity contribution is 9.10. The molecular formula is C13H8BrClN2. The quantitative estimate of drug-likeness (QED) is 0.650. The number of nitrogens with zero attached hydrogens (tertiary/aromatic N) is 2. The Morgan fingerprint density at radius 1 is 1.18 bits per heavy atom. The van der Waals surface area contributed by atoms with Crippen molar-refractivity contribution in [1.29, 1.82) is 0 Å². The molecule has 0 aliphatic carbocycles. The lowest BCUT2D eigenvalue weighted by Gasteiger charge is -2.03. The van der Waals surface area contributed by atoms with Gasteiger partial charge in [-0.25, -0.2) is 0 Å². The lowest BCUT2D eigenvalue weighted by atomic mass is 10.2. The van der Waals surface area contributed by atoms with Crippen LogP contribution in [-0.2, 0) is 0 Å². The first-order valence-corrected chi connectivity index (χ1v) is 6.29. The fraction of sp³-hybridized carbons (Fsp3) is 0. The van der Waals surface area contributed by atoms with Gasteiger partial charge in [0.05, 0.1) is 10.7 Å². The van der Waals surface area contributed by atoms with Gasteiger partial charge in [-0.2, -0.15) is 0 Å². The van der Waals surface area contributed by atoms with Crippen LogP contribution in [0.15, 0.2) is 53.4 Å². The highest BCUT2D eigenvalue weighted by atomic mass is 79.9. The maximum absolute atomic E-state index is 6.29. The van der Waals surface area contributed by atoms with Crippen LogP contribution in [0.25, 0.3) is 16.8 Å². The van der Waals surface area contributed by atoms with Crippen LogP contribution in [0, 0.1) is 0 Å². The fourth-order valence-electron chi connectivity index (χ4n) is 1.91. The van der Waals surface area contributed by atoms with Gasteiger partial charge in [-0.15, -0.1) is 0 Å². The first kappa shape index (κ1) is 10.8. The highest BCUT2D eigenvalue weighted by Crippen LogP contribution is 2.31. The van der Waals surface area contributed by atoms with E-state index in [1.54, 1.807) is 6.20 Å². The molecule has 4 heteroatoms. The van der Waals surface area contributed by atoms with Crippen molar-refractivity contribution in [2.24, 2.45) is 0 Å². The van der Waals surface area contributed by atoms with Crippen LogP contribution in [0.2, 0.25) is 5.02 Å². The number of hydrogen-bond donors (Lipinski definition) is 0. The summed E-state index contributed by atoms with van der Waals surface area (Å²) >= 11 is 9.71. The van der Waals surface area contributed by atoms with E-state index in [1.165, 1.54) is 0 Å². The zero-order valence-electron chi connectivity index (χ0n) is 8.77. The number of halogens is 2. The van der Waals surface area contributed by atoms with E-state index in [1.807, 2.05) is 42.7 Å². The summed E-state index contributed by atoms with van der Waals surface area (Å²) in [5.41, 5.74) is 3.04. The first-order valence-electron chi connectivity index (χ1n) is 5.12. The molecule has 0 bridgehead atoms. The molecule has 0 amide bonds. The Hall–Kier alpha value is -1.32. The van der Waals surface area contributed by atoms with Gasteiger partial charge in [0.15, 0.2) is 0 Å². The second-order valence-corrected chi connectivity index (χ2v) is 5.05. The molecule has 0 radical (unpaired) electrons. The van der Waals surface area contributed by atoms with Crippen molar-refractivity contribution in [1.82, 2.24) is 9.38 Å². The highest BCUT2D eigenvalue weighted by Gasteiger charge is 2.10. The number of rotatable bonds is 1. The summed E-state index contributed by atoms with van der Waals surface area (Å²) < 4.78 is 3.00. The average Bonchev–Trinajstić information content (AvgIpc) is 2.64. The third-order valence-electron chi connectivity index (χ3n) is 2.61. The van der Waals surface area contributed by atoms with Gasteiger partial charge in [0, 0.05) is 34.1 Å². The Morgan fingerprint density at radius 3 is 2.88 bits per heavy atom. The average molecular weight is 308 g/mol. The fourth-order valence-corrected chi connectivity index (χ4v) is 2.59. The predicted molar refractivity (Wildman–Crippen MR) is 73.3 cm³/mol. The Kier molecular flexibility index (Phi) is 2.65. The van der Waals surface area contributed by atoms with Gasteiger partial charge in [-0.1, -0.05) is 17.7 Å². The van der Waals surface area contributed by atoms with Gasteiger partial charge < -0.3 is 4.40 Å². The van der Waals surface area contributed by atoms with Crippen LogP contribution in [-0.4, -0.2) is 9.38 Å². The maximum Gasteiger partial charge on any atom is 0.0731 e. The van der Waals surface area contributed by atoms with Gasteiger partial charge in [0.25, 0.3) is 0 Å². The van der Waals surface area contributed by atoms with Crippen molar-refractivity contribution in [3.63, 3.8) is 0 Å². The van der Waals surface area contributed by atoms with Crippen LogP contribution in [0.4, 0.5) is 0 Å². The normalized spacial score (nSPS) is 10.9. The SMILES string of the molecule is Clc1cc2ccccn2c1-c1cncc(Br)c1. The molecule has 0 aromatic carbocycles. The number of aromatic nitrogens is 2. The minimum Gasteiger partial charge on any atom is -0.315 e. The van der Waals surface area contributed by atoms with Crippen LogP contribution >= 0.6 is 27.5 Å². The standard InChI is InChI=1S/C13H8BrClN2/c14-10-5-9(7-16-8-10)13-12(15)6-11-3-1-2-4-17(11)13/h1-8H. The Bertz CT molecular complexity index is 691. The molecule has 2 nitrogen and oxygen atoms in total. The lowest BCUT2D eigenvalue weighted by Crippen LogP contribution is -1.88. The molecule has 0 atom stereocenters. The second kappa shape index (κ2) is 4.17. The van der Waals surface area contributed by atoms with Crippen LogP contribution in [0.1, 0.15) is 0 Å². The molecule has 3 heterocycles. The lowest BCUT2D eigenvalue weighted by molar-refractivity contribution is 1.19.